The van der Waals surface area contributed by atoms with Crippen LogP contribution in [-0.4, -0.2) is 21.0 Å². The van der Waals surface area contributed by atoms with Crippen molar-refractivity contribution in [3.63, 3.8) is 0 Å². The molecule has 0 radical (unpaired) electrons. The summed E-state index contributed by atoms with van der Waals surface area (Å²) in [5.74, 6) is -1.09. The average Bonchev–Trinajstić information content (AvgIpc) is 2.42. The van der Waals surface area contributed by atoms with E-state index < -0.39 is 5.97 Å². The molecular weight excluding hydrogens is 261 g/mol. The molecule has 0 fully saturated rings. The van der Waals surface area contributed by atoms with E-state index in [1.54, 1.807) is 26.0 Å². The summed E-state index contributed by atoms with van der Waals surface area (Å²) in [5, 5.41) is 11.8. The molecule has 0 amide bonds. The highest BCUT2D eigenvalue weighted by Gasteiger charge is 2.07. The van der Waals surface area contributed by atoms with Crippen molar-refractivity contribution in [2.24, 2.45) is 0 Å². The quantitative estimate of drug-likeness (QED) is 0.896. The lowest BCUT2D eigenvalue weighted by Crippen LogP contribution is -2.08. The molecular formula is C14H14FN3O2. The zero-order valence-corrected chi connectivity index (χ0v) is 11.1. The van der Waals surface area contributed by atoms with Gasteiger partial charge in [-0.2, -0.15) is 0 Å². The topological polar surface area (TPSA) is 75.1 Å². The third kappa shape index (κ3) is 3.09. The van der Waals surface area contributed by atoms with Crippen molar-refractivity contribution in [1.29, 1.82) is 0 Å². The number of hydrogen-bond donors (Lipinski definition) is 2. The van der Waals surface area contributed by atoms with Gasteiger partial charge in [0.15, 0.2) is 5.69 Å². The predicted molar refractivity (Wildman–Crippen MR) is 72.2 cm³/mol. The number of hydrogen-bond acceptors (Lipinski definition) is 4. The average molecular weight is 275 g/mol. The first kappa shape index (κ1) is 13.9. The van der Waals surface area contributed by atoms with E-state index in [1.165, 1.54) is 12.3 Å². The Morgan fingerprint density at radius 1 is 1.35 bits per heavy atom. The van der Waals surface area contributed by atoms with Gasteiger partial charge in [-0.3, -0.25) is 0 Å². The van der Waals surface area contributed by atoms with E-state index in [1.807, 2.05) is 0 Å². The van der Waals surface area contributed by atoms with Crippen molar-refractivity contribution >= 4 is 11.9 Å². The highest BCUT2D eigenvalue weighted by atomic mass is 19.1. The van der Waals surface area contributed by atoms with Gasteiger partial charge in [-0.25, -0.2) is 19.2 Å². The first-order chi connectivity index (χ1) is 9.47. The Hall–Kier alpha value is -2.50. The molecule has 0 atom stereocenters. The molecule has 1 aromatic heterocycles. The van der Waals surface area contributed by atoms with E-state index in [4.69, 9.17) is 5.11 Å². The van der Waals surface area contributed by atoms with E-state index in [2.05, 4.69) is 15.3 Å². The fourth-order valence-electron chi connectivity index (χ4n) is 1.88. The Balaban J connectivity index is 2.13. The molecule has 20 heavy (non-hydrogen) atoms. The molecule has 2 N–H and O–H groups in total. The number of halogens is 1. The number of nitrogens with zero attached hydrogens (tertiary/aromatic N) is 2. The fraction of sp³-hybridized carbons (Fsp3) is 0.214. The van der Waals surface area contributed by atoms with Gasteiger partial charge in [0.2, 0.25) is 5.95 Å². The SMILES string of the molecule is Cc1cc(CNc2nccc(C(=O)O)n2)cc(C)c1F. The minimum atomic E-state index is -1.11. The van der Waals surface area contributed by atoms with Crippen LogP contribution in [0.25, 0.3) is 0 Å². The molecule has 0 unspecified atom stereocenters. The highest BCUT2D eigenvalue weighted by molar-refractivity contribution is 5.85. The van der Waals surface area contributed by atoms with Crippen molar-refractivity contribution in [3.05, 3.63) is 52.6 Å². The van der Waals surface area contributed by atoms with E-state index >= 15 is 0 Å². The molecule has 1 heterocycles. The van der Waals surface area contributed by atoms with Gasteiger partial charge in [-0.15, -0.1) is 0 Å². The van der Waals surface area contributed by atoms with Crippen molar-refractivity contribution in [2.75, 3.05) is 5.32 Å². The van der Waals surface area contributed by atoms with Crippen LogP contribution in [-0.2, 0) is 6.54 Å². The molecule has 0 aliphatic rings. The Bertz CT molecular complexity index is 636. The number of carbonyl (C=O) groups is 1. The maximum absolute atomic E-state index is 13.5. The molecule has 0 aliphatic carbocycles. The molecule has 2 rings (SSSR count). The van der Waals surface area contributed by atoms with Gasteiger partial charge >= 0.3 is 5.97 Å². The number of nitrogens with one attached hydrogen (secondary N) is 1. The summed E-state index contributed by atoms with van der Waals surface area (Å²) in [4.78, 5) is 18.6. The molecule has 0 spiro atoms. The van der Waals surface area contributed by atoms with Gasteiger partial charge < -0.3 is 10.4 Å². The van der Waals surface area contributed by atoms with E-state index in [0.717, 1.165) is 5.56 Å². The number of aromatic nitrogens is 2. The smallest absolute Gasteiger partial charge is 0.354 e. The summed E-state index contributed by atoms with van der Waals surface area (Å²) >= 11 is 0. The number of carboxylic acids is 1. The van der Waals surface area contributed by atoms with E-state index in [-0.39, 0.29) is 17.5 Å². The molecule has 2 aromatic rings. The summed E-state index contributed by atoms with van der Waals surface area (Å²) < 4.78 is 13.5. The van der Waals surface area contributed by atoms with Crippen LogP contribution < -0.4 is 5.32 Å². The third-order valence-corrected chi connectivity index (χ3v) is 2.82. The zero-order chi connectivity index (χ0) is 14.7. The number of carboxylic acid groups (broad SMARTS) is 1. The molecule has 0 bridgehead atoms. The molecule has 1 aromatic carbocycles. The van der Waals surface area contributed by atoms with Crippen LogP contribution >= 0.6 is 0 Å². The maximum atomic E-state index is 13.5. The lowest BCUT2D eigenvalue weighted by atomic mass is 10.1. The van der Waals surface area contributed by atoms with Gasteiger partial charge in [-0.1, -0.05) is 12.1 Å². The lowest BCUT2D eigenvalue weighted by Gasteiger charge is -2.08. The molecule has 6 heteroatoms. The highest BCUT2D eigenvalue weighted by Crippen LogP contribution is 2.15. The Labute approximate surface area is 115 Å². The maximum Gasteiger partial charge on any atom is 0.354 e. The number of rotatable bonds is 4. The van der Waals surface area contributed by atoms with Crippen LogP contribution in [0.1, 0.15) is 27.2 Å². The summed E-state index contributed by atoms with van der Waals surface area (Å²) in [6.45, 7) is 3.80. The second-order valence-corrected chi connectivity index (χ2v) is 4.47. The second kappa shape index (κ2) is 5.64. The van der Waals surface area contributed by atoms with Crippen LogP contribution in [0.3, 0.4) is 0 Å². The monoisotopic (exact) mass is 275 g/mol. The van der Waals surface area contributed by atoms with Crippen LogP contribution in [0, 0.1) is 19.7 Å². The minimum absolute atomic E-state index is 0.0750. The summed E-state index contributed by atoms with van der Waals surface area (Å²) in [7, 11) is 0. The van der Waals surface area contributed by atoms with Gasteiger partial charge in [0, 0.05) is 12.7 Å². The standard InChI is InChI=1S/C14H14FN3O2/c1-8-5-10(6-9(2)12(8)15)7-17-14-16-4-3-11(18-14)13(19)20/h3-6H,7H2,1-2H3,(H,19,20)(H,16,17,18). The normalized spacial score (nSPS) is 10.3. The molecule has 0 aliphatic heterocycles. The Morgan fingerprint density at radius 3 is 2.60 bits per heavy atom. The Morgan fingerprint density at radius 2 is 2.00 bits per heavy atom. The van der Waals surface area contributed by atoms with Gasteiger partial charge in [0.05, 0.1) is 0 Å². The summed E-state index contributed by atoms with van der Waals surface area (Å²) in [6.07, 6.45) is 1.37. The van der Waals surface area contributed by atoms with Crippen molar-refractivity contribution in [3.8, 4) is 0 Å². The van der Waals surface area contributed by atoms with Crippen molar-refractivity contribution in [2.45, 2.75) is 20.4 Å². The van der Waals surface area contributed by atoms with Crippen molar-refractivity contribution < 1.29 is 14.3 Å². The van der Waals surface area contributed by atoms with Gasteiger partial charge in [-0.05, 0) is 36.6 Å². The van der Waals surface area contributed by atoms with E-state index in [0.29, 0.717) is 17.7 Å². The van der Waals surface area contributed by atoms with Gasteiger partial charge in [0.1, 0.15) is 5.82 Å². The fourth-order valence-corrected chi connectivity index (χ4v) is 1.88. The van der Waals surface area contributed by atoms with Crippen LogP contribution in [0.15, 0.2) is 24.4 Å². The predicted octanol–water partition coefficient (Wildman–Crippen LogP) is 2.54. The second-order valence-electron chi connectivity index (χ2n) is 4.47. The largest absolute Gasteiger partial charge is 0.477 e. The number of benzene rings is 1. The molecule has 0 saturated carbocycles. The van der Waals surface area contributed by atoms with Crippen LogP contribution in [0.2, 0.25) is 0 Å². The number of aromatic carboxylic acids is 1. The summed E-state index contributed by atoms with van der Waals surface area (Å²) in [6, 6.07) is 4.78. The Kier molecular flexibility index (Phi) is 3.93. The van der Waals surface area contributed by atoms with Gasteiger partial charge in [0.25, 0.3) is 0 Å². The number of aryl methyl sites for hydroxylation is 2. The third-order valence-electron chi connectivity index (χ3n) is 2.82. The van der Waals surface area contributed by atoms with Crippen LogP contribution in [0.4, 0.5) is 10.3 Å². The molecule has 5 nitrogen and oxygen atoms in total. The first-order valence-corrected chi connectivity index (χ1v) is 6.03. The minimum Gasteiger partial charge on any atom is -0.477 e. The lowest BCUT2D eigenvalue weighted by molar-refractivity contribution is 0.0690. The zero-order valence-electron chi connectivity index (χ0n) is 11.1. The first-order valence-electron chi connectivity index (χ1n) is 6.03. The number of anilines is 1. The molecule has 0 saturated heterocycles. The van der Waals surface area contributed by atoms with E-state index in [9.17, 15) is 9.18 Å². The molecule has 104 valence electrons. The van der Waals surface area contributed by atoms with Crippen LogP contribution in [0.5, 0.6) is 0 Å². The summed E-state index contributed by atoms with van der Waals surface area (Å²) in [5.41, 5.74) is 1.95. The van der Waals surface area contributed by atoms with Crippen molar-refractivity contribution in [1.82, 2.24) is 9.97 Å².